The molecule has 110 valence electrons. The van der Waals surface area contributed by atoms with Crippen molar-refractivity contribution in [1.29, 1.82) is 0 Å². The molecular formula is C18H26O2. The van der Waals surface area contributed by atoms with Gasteiger partial charge in [-0.2, -0.15) is 0 Å². The Kier molecular flexibility index (Phi) is 4.13. The van der Waals surface area contributed by atoms with Crippen LogP contribution in [0.4, 0.5) is 0 Å². The maximum Gasteiger partial charge on any atom is 0.0908 e. The van der Waals surface area contributed by atoms with Crippen molar-refractivity contribution in [1.82, 2.24) is 0 Å². The average molecular weight is 274 g/mol. The summed E-state index contributed by atoms with van der Waals surface area (Å²) in [5, 5.41) is 21.2. The summed E-state index contributed by atoms with van der Waals surface area (Å²) >= 11 is 0. The van der Waals surface area contributed by atoms with Crippen molar-refractivity contribution in [2.24, 2.45) is 0 Å². The summed E-state index contributed by atoms with van der Waals surface area (Å²) in [6.07, 6.45) is 9.54. The zero-order valence-corrected chi connectivity index (χ0v) is 12.3. The first-order chi connectivity index (χ1) is 9.67. The minimum atomic E-state index is -0.866. The van der Waals surface area contributed by atoms with E-state index >= 15 is 0 Å². The summed E-state index contributed by atoms with van der Waals surface area (Å²) < 4.78 is 0. The van der Waals surface area contributed by atoms with E-state index in [1.165, 1.54) is 48.8 Å². The smallest absolute Gasteiger partial charge is 0.0908 e. The van der Waals surface area contributed by atoms with Crippen LogP contribution in [0.15, 0.2) is 18.2 Å². The molecule has 2 aliphatic carbocycles. The summed E-state index contributed by atoms with van der Waals surface area (Å²) in [5.74, 6) is 0. The normalized spacial score (nSPS) is 23.1. The highest BCUT2D eigenvalue weighted by Gasteiger charge is 2.35. The largest absolute Gasteiger partial charge is 0.390 e. The second-order valence-electron chi connectivity index (χ2n) is 6.69. The molecule has 1 aromatic carbocycles. The monoisotopic (exact) mass is 274 g/mol. The van der Waals surface area contributed by atoms with Crippen LogP contribution in [0.1, 0.15) is 61.6 Å². The zero-order valence-electron chi connectivity index (χ0n) is 12.3. The summed E-state index contributed by atoms with van der Waals surface area (Å²) in [4.78, 5) is 0. The van der Waals surface area contributed by atoms with E-state index in [0.29, 0.717) is 6.42 Å². The molecule has 0 bridgehead atoms. The minimum Gasteiger partial charge on any atom is -0.390 e. The number of aryl methyl sites for hydroxylation is 2. The van der Waals surface area contributed by atoms with Gasteiger partial charge in [0.2, 0.25) is 0 Å². The van der Waals surface area contributed by atoms with E-state index in [2.05, 4.69) is 18.2 Å². The van der Waals surface area contributed by atoms with Gasteiger partial charge in [0.1, 0.15) is 0 Å². The third-order valence-corrected chi connectivity index (χ3v) is 5.18. The van der Waals surface area contributed by atoms with Crippen LogP contribution in [0.5, 0.6) is 0 Å². The molecule has 3 rings (SSSR count). The quantitative estimate of drug-likeness (QED) is 0.831. The SMILES string of the molecule is OC(Cc1ccc2c(c1)CCC2)C1(O)CCCCCC1. The van der Waals surface area contributed by atoms with Gasteiger partial charge in [0, 0.05) is 6.42 Å². The molecule has 0 aromatic heterocycles. The van der Waals surface area contributed by atoms with Crippen molar-refractivity contribution in [2.45, 2.75) is 75.9 Å². The van der Waals surface area contributed by atoms with Crippen LogP contribution in [0.3, 0.4) is 0 Å². The molecule has 0 radical (unpaired) electrons. The molecule has 2 nitrogen and oxygen atoms in total. The van der Waals surface area contributed by atoms with Crippen LogP contribution in [0, 0.1) is 0 Å². The third-order valence-electron chi connectivity index (χ3n) is 5.18. The molecule has 1 saturated carbocycles. The first-order valence-electron chi connectivity index (χ1n) is 8.18. The van der Waals surface area contributed by atoms with Crippen molar-refractivity contribution < 1.29 is 10.2 Å². The fourth-order valence-electron chi connectivity index (χ4n) is 3.84. The van der Waals surface area contributed by atoms with E-state index in [-0.39, 0.29) is 0 Å². The fourth-order valence-corrected chi connectivity index (χ4v) is 3.84. The highest BCUT2D eigenvalue weighted by atomic mass is 16.3. The molecule has 1 fully saturated rings. The second kappa shape index (κ2) is 5.87. The number of aliphatic hydroxyl groups excluding tert-OH is 1. The molecule has 2 heteroatoms. The highest BCUT2D eigenvalue weighted by molar-refractivity contribution is 5.35. The summed E-state index contributed by atoms with van der Waals surface area (Å²) in [7, 11) is 0. The molecule has 0 heterocycles. The number of benzene rings is 1. The van der Waals surface area contributed by atoms with Gasteiger partial charge in [0.05, 0.1) is 11.7 Å². The summed E-state index contributed by atoms with van der Waals surface area (Å²) in [6.45, 7) is 0. The molecule has 0 saturated heterocycles. The van der Waals surface area contributed by atoms with E-state index in [1.807, 2.05) is 0 Å². The molecule has 0 aliphatic heterocycles. The van der Waals surface area contributed by atoms with Crippen molar-refractivity contribution in [3.05, 3.63) is 34.9 Å². The zero-order chi connectivity index (χ0) is 14.0. The molecule has 2 N–H and O–H groups in total. The Morgan fingerprint density at radius 2 is 1.65 bits per heavy atom. The summed E-state index contributed by atoms with van der Waals surface area (Å²) in [5.41, 5.74) is 3.23. The van der Waals surface area contributed by atoms with Crippen LogP contribution < -0.4 is 0 Å². The Morgan fingerprint density at radius 3 is 2.40 bits per heavy atom. The number of hydrogen-bond acceptors (Lipinski definition) is 2. The lowest BCUT2D eigenvalue weighted by Gasteiger charge is -2.32. The second-order valence-corrected chi connectivity index (χ2v) is 6.69. The van der Waals surface area contributed by atoms with Crippen molar-refractivity contribution in [3.63, 3.8) is 0 Å². The van der Waals surface area contributed by atoms with Gasteiger partial charge >= 0.3 is 0 Å². The number of aliphatic hydroxyl groups is 2. The lowest BCUT2D eigenvalue weighted by Crippen LogP contribution is -2.43. The van der Waals surface area contributed by atoms with Crippen LogP contribution in [-0.2, 0) is 19.3 Å². The third kappa shape index (κ3) is 2.91. The maximum atomic E-state index is 10.7. The van der Waals surface area contributed by atoms with Crippen molar-refractivity contribution >= 4 is 0 Å². The maximum absolute atomic E-state index is 10.7. The Bertz CT molecular complexity index is 458. The van der Waals surface area contributed by atoms with Crippen LogP contribution in [-0.4, -0.2) is 21.9 Å². The Labute approximate surface area is 121 Å². The molecule has 2 aliphatic rings. The molecule has 0 amide bonds. The molecule has 1 unspecified atom stereocenters. The fraction of sp³-hybridized carbons (Fsp3) is 0.667. The Hall–Kier alpha value is -0.860. The predicted molar refractivity (Wildman–Crippen MR) is 80.8 cm³/mol. The lowest BCUT2D eigenvalue weighted by molar-refractivity contribution is -0.0836. The van der Waals surface area contributed by atoms with Gasteiger partial charge in [-0.3, -0.25) is 0 Å². The van der Waals surface area contributed by atoms with Crippen LogP contribution in [0.2, 0.25) is 0 Å². The highest BCUT2D eigenvalue weighted by Crippen LogP contribution is 2.32. The number of hydrogen-bond donors (Lipinski definition) is 2. The van der Waals surface area contributed by atoms with Crippen LogP contribution >= 0.6 is 0 Å². The van der Waals surface area contributed by atoms with Gasteiger partial charge in [-0.15, -0.1) is 0 Å². The lowest BCUT2D eigenvalue weighted by atomic mass is 9.85. The standard InChI is InChI=1S/C18H26O2/c19-17(18(20)10-3-1-2-4-11-18)13-14-8-9-15-6-5-7-16(15)12-14/h8-9,12,17,19-20H,1-7,10-11,13H2. The van der Waals surface area contributed by atoms with Crippen molar-refractivity contribution in [3.8, 4) is 0 Å². The minimum absolute atomic E-state index is 0.587. The average Bonchev–Trinajstić information content (AvgIpc) is 2.78. The van der Waals surface area contributed by atoms with E-state index in [4.69, 9.17) is 0 Å². The van der Waals surface area contributed by atoms with E-state index in [1.54, 1.807) is 0 Å². The summed E-state index contributed by atoms with van der Waals surface area (Å²) in [6, 6.07) is 6.58. The number of rotatable bonds is 3. The molecule has 1 atom stereocenters. The van der Waals surface area contributed by atoms with E-state index < -0.39 is 11.7 Å². The topological polar surface area (TPSA) is 40.5 Å². The Morgan fingerprint density at radius 1 is 0.950 bits per heavy atom. The Balaban J connectivity index is 1.70. The van der Waals surface area contributed by atoms with E-state index in [0.717, 1.165) is 25.7 Å². The first kappa shape index (κ1) is 14.1. The first-order valence-corrected chi connectivity index (χ1v) is 8.18. The van der Waals surface area contributed by atoms with Gasteiger partial charge in [-0.1, -0.05) is 43.9 Å². The van der Waals surface area contributed by atoms with Crippen LogP contribution in [0.25, 0.3) is 0 Å². The molecular weight excluding hydrogens is 248 g/mol. The molecule has 20 heavy (non-hydrogen) atoms. The van der Waals surface area contributed by atoms with Gasteiger partial charge in [0.15, 0.2) is 0 Å². The van der Waals surface area contributed by atoms with Gasteiger partial charge in [-0.25, -0.2) is 0 Å². The van der Waals surface area contributed by atoms with Gasteiger partial charge in [-0.05, 0) is 48.8 Å². The number of fused-ring (bicyclic) bond motifs is 1. The van der Waals surface area contributed by atoms with Gasteiger partial charge in [0.25, 0.3) is 0 Å². The van der Waals surface area contributed by atoms with E-state index in [9.17, 15) is 10.2 Å². The van der Waals surface area contributed by atoms with Crippen molar-refractivity contribution in [2.75, 3.05) is 0 Å². The molecule has 1 aromatic rings. The van der Waals surface area contributed by atoms with Gasteiger partial charge < -0.3 is 10.2 Å². The predicted octanol–water partition coefficient (Wildman–Crippen LogP) is 3.16. The molecule has 0 spiro atoms.